The van der Waals surface area contributed by atoms with Gasteiger partial charge < -0.3 is 14.2 Å². The van der Waals surface area contributed by atoms with Crippen LogP contribution < -0.4 is 4.74 Å². The number of rotatable bonds is 7. The highest BCUT2D eigenvalue weighted by molar-refractivity contribution is 5.47. The van der Waals surface area contributed by atoms with E-state index in [2.05, 4.69) is 35.0 Å². The van der Waals surface area contributed by atoms with Gasteiger partial charge in [0.2, 0.25) is 0 Å². The van der Waals surface area contributed by atoms with Gasteiger partial charge in [0.25, 0.3) is 0 Å². The summed E-state index contributed by atoms with van der Waals surface area (Å²) in [4.78, 5) is 6.69. The highest BCUT2D eigenvalue weighted by Crippen LogP contribution is 2.16. The van der Waals surface area contributed by atoms with E-state index in [9.17, 15) is 0 Å². The lowest BCUT2D eigenvalue weighted by Crippen LogP contribution is -2.21. The van der Waals surface area contributed by atoms with E-state index < -0.39 is 0 Å². The maximum absolute atomic E-state index is 8.94. The lowest BCUT2D eigenvalue weighted by Gasteiger charge is -2.15. The highest BCUT2D eigenvalue weighted by Gasteiger charge is 2.05. The number of fused-ring (bicyclic) bond motifs is 1. The lowest BCUT2D eigenvalue weighted by molar-refractivity contribution is 0.217. The summed E-state index contributed by atoms with van der Waals surface area (Å²) in [7, 11) is 1.99. The largest absolute Gasteiger partial charge is 0.487 e. The molecule has 0 atom stereocenters. The predicted octanol–water partition coefficient (Wildman–Crippen LogP) is 2.65. The Morgan fingerprint density at radius 3 is 2.71 bits per heavy atom. The number of nitrogens with zero attached hydrogens (tertiary/aromatic N) is 3. The number of aryl methyl sites for hydroxylation is 1. The van der Waals surface area contributed by atoms with Crippen LogP contribution in [-0.2, 0) is 13.2 Å². The smallest absolute Gasteiger partial charge is 0.140 e. The van der Waals surface area contributed by atoms with Gasteiger partial charge in [-0.3, -0.25) is 4.90 Å². The van der Waals surface area contributed by atoms with E-state index in [-0.39, 0.29) is 6.61 Å². The lowest BCUT2D eigenvalue weighted by atomic mass is 10.2. The summed E-state index contributed by atoms with van der Waals surface area (Å²) in [5, 5.41) is 8.94. The van der Waals surface area contributed by atoms with Crippen molar-refractivity contribution in [3.05, 3.63) is 65.6 Å². The first kappa shape index (κ1) is 16.5. The van der Waals surface area contributed by atoms with Gasteiger partial charge in [-0.05, 0) is 43.3 Å². The van der Waals surface area contributed by atoms with Gasteiger partial charge in [-0.15, -0.1) is 0 Å². The molecule has 5 nitrogen and oxygen atoms in total. The van der Waals surface area contributed by atoms with Gasteiger partial charge in [-0.25, -0.2) is 4.98 Å². The zero-order valence-electron chi connectivity index (χ0n) is 14.1. The molecule has 2 heterocycles. The molecule has 0 aliphatic carbocycles. The van der Waals surface area contributed by atoms with Gasteiger partial charge in [-0.2, -0.15) is 0 Å². The van der Waals surface area contributed by atoms with Crippen molar-refractivity contribution in [3.8, 4) is 5.75 Å². The standard InChI is InChI=1S/C19H23N3O2/c1-15-4-3-9-22-13-17(20-19(15)22)14-24-18-7-5-16(6-8-18)12-21(2)10-11-23/h3-9,13,23H,10-12,14H2,1-2H3. The molecule has 126 valence electrons. The summed E-state index contributed by atoms with van der Waals surface area (Å²) in [6.07, 6.45) is 4.00. The molecule has 0 aliphatic rings. The average molecular weight is 325 g/mol. The number of likely N-dealkylation sites (N-methyl/N-ethyl adjacent to an activating group) is 1. The Balaban J connectivity index is 1.60. The summed E-state index contributed by atoms with van der Waals surface area (Å²) >= 11 is 0. The third-order valence-corrected chi connectivity index (χ3v) is 3.97. The normalized spacial score (nSPS) is 11.3. The number of hydrogen-bond donors (Lipinski definition) is 1. The van der Waals surface area contributed by atoms with Crippen LogP contribution in [0.5, 0.6) is 5.75 Å². The van der Waals surface area contributed by atoms with E-state index >= 15 is 0 Å². The minimum absolute atomic E-state index is 0.177. The SMILES string of the molecule is Cc1cccn2cc(COc3ccc(CN(C)CCO)cc3)nc12. The van der Waals surface area contributed by atoms with Crippen LogP contribution in [-0.4, -0.2) is 39.6 Å². The molecular formula is C19H23N3O2. The van der Waals surface area contributed by atoms with Crippen molar-refractivity contribution in [2.75, 3.05) is 20.2 Å². The summed E-state index contributed by atoms with van der Waals surface area (Å²) in [6.45, 7) is 4.17. The monoisotopic (exact) mass is 325 g/mol. The van der Waals surface area contributed by atoms with Crippen molar-refractivity contribution in [3.63, 3.8) is 0 Å². The van der Waals surface area contributed by atoms with Crippen LogP contribution in [0.4, 0.5) is 0 Å². The minimum Gasteiger partial charge on any atom is -0.487 e. The molecule has 1 aromatic carbocycles. The molecule has 0 fully saturated rings. The Hall–Kier alpha value is -2.37. The second-order valence-electron chi connectivity index (χ2n) is 6.05. The summed E-state index contributed by atoms with van der Waals surface area (Å²) in [6, 6.07) is 12.1. The van der Waals surface area contributed by atoms with Crippen LogP contribution >= 0.6 is 0 Å². The first-order valence-corrected chi connectivity index (χ1v) is 8.10. The maximum Gasteiger partial charge on any atom is 0.140 e. The fourth-order valence-electron chi connectivity index (χ4n) is 2.68. The number of aliphatic hydroxyl groups is 1. The van der Waals surface area contributed by atoms with Gasteiger partial charge in [0.15, 0.2) is 0 Å². The van der Waals surface area contributed by atoms with Gasteiger partial charge in [0.1, 0.15) is 18.0 Å². The molecular weight excluding hydrogens is 302 g/mol. The molecule has 0 radical (unpaired) electrons. The molecule has 0 spiro atoms. The molecule has 3 aromatic rings. The number of benzene rings is 1. The van der Waals surface area contributed by atoms with E-state index in [1.165, 1.54) is 5.56 Å². The van der Waals surface area contributed by atoms with E-state index in [0.717, 1.165) is 29.2 Å². The predicted molar refractivity (Wildman–Crippen MR) is 94.1 cm³/mol. The van der Waals surface area contributed by atoms with Crippen LogP contribution in [0.15, 0.2) is 48.8 Å². The zero-order valence-corrected chi connectivity index (χ0v) is 14.1. The number of hydrogen-bond acceptors (Lipinski definition) is 4. The van der Waals surface area contributed by atoms with E-state index in [1.54, 1.807) is 0 Å². The third kappa shape index (κ3) is 3.93. The topological polar surface area (TPSA) is 50.0 Å². The van der Waals surface area contributed by atoms with Crippen LogP contribution in [0, 0.1) is 6.92 Å². The zero-order chi connectivity index (χ0) is 16.9. The van der Waals surface area contributed by atoms with Crippen molar-refractivity contribution in [1.82, 2.24) is 14.3 Å². The van der Waals surface area contributed by atoms with Gasteiger partial charge in [0.05, 0.1) is 12.3 Å². The van der Waals surface area contributed by atoms with E-state index in [4.69, 9.17) is 9.84 Å². The molecule has 24 heavy (non-hydrogen) atoms. The summed E-state index contributed by atoms with van der Waals surface area (Å²) < 4.78 is 7.86. The Kier molecular flexibility index (Phi) is 5.13. The first-order valence-electron chi connectivity index (χ1n) is 8.10. The third-order valence-electron chi connectivity index (χ3n) is 3.97. The quantitative estimate of drug-likeness (QED) is 0.725. The Morgan fingerprint density at radius 1 is 1.21 bits per heavy atom. The first-order chi connectivity index (χ1) is 11.7. The van der Waals surface area contributed by atoms with Crippen molar-refractivity contribution in [2.24, 2.45) is 0 Å². The average Bonchev–Trinajstić information content (AvgIpc) is 2.99. The van der Waals surface area contributed by atoms with E-state index in [1.807, 2.05) is 42.0 Å². The minimum atomic E-state index is 0.177. The van der Waals surface area contributed by atoms with Gasteiger partial charge >= 0.3 is 0 Å². The van der Waals surface area contributed by atoms with E-state index in [0.29, 0.717) is 13.2 Å². The number of pyridine rings is 1. The summed E-state index contributed by atoms with van der Waals surface area (Å²) in [5.74, 6) is 0.831. The van der Waals surface area contributed by atoms with Crippen LogP contribution in [0.1, 0.15) is 16.8 Å². The summed E-state index contributed by atoms with van der Waals surface area (Å²) in [5.41, 5.74) is 4.23. The van der Waals surface area contributed by atoms with Crippen molar-refractivity contribution in [1.29, 1.82) is 0 Å². The molecule has 0 bridgehead atoms. The van der Waals surface area contributed by atoms with Crippen molar-refractivity contribution >= 4 is 5.65 Å². The number of aliphatic hydroxyl groups excluding tert-OH is 1. The Labute approximate surface area is 142 Å². The fraction of sp³-hybridized carbons (Fsp3) is 0.316. The van der Waals surface area contributed by atoms with Crippen molar-refractivity contribution < 1.29 is 9.84 Å². The number of ether oxygens (including phenoxy) is 1. The van der Waals surface area contributed by atoms with Crippen LogP contribution in [0.2, 0.25) is 0 Å². The van der Waals surface area contributed by atoms with Gasteiger partial charge in [0, 0.05) is 25.5 Å². The fourth-order valence-corrected chi connectivity index (χ4v) is 2.68. The van der Waals surface area contributed by atoms with Gasteiger partial charge in [-0.1, -0.05) is 18.2 Å². The number of imidazole rings is 1. The molecule has 5 heteroatoms. The van der Waals surface area contributed by atoms with Crippen molar-refractivity contribution in [2.45, 2.75) is 20.1 Å². The van der Waals surface area contributed by atoms with Crippen LogP contribution in [0.3, 0.4) is 0 Å². The Morgan fingerprint density at radius 2 is 2.00 bits per heavy atom. The molecule has 0 saturated carbocycles. The Bertz CT molecular complexity index is 796. The maximum atomic E-state index is 8.94. The highest BCUT2D eigenvalue weighted by atomic mass is 16.5. The number of aromatic nitrogens is 2. The molecule has 0 saturated heterocycles. The molecule has 1 N–H and O–H groups in total. The molecule has 2 aromatic heterocycles. The van der Waals surface area contributed by atoms with Crippen LogP contribution in [0.25, 0.3) is 5.65 Å². The molecule has 0 amide bonds. The molecule has 3 rings (SSSR count). The second kappa shape index (κ2) is 7.47. The molecule has 0 aliphatic heterocycles. The second-order valence-corrected chi connectivity index (χ2v) is 6.05. The molecule has 0 unspecified atom stereocenters.